The molecule has 0 saturated heterocycles. The third-order valence-electron chi connectivity index (χ3n) is 2.77. The van der Waals surface area contributed by atoms with Crippen LogP contribution < -0.4 is 10.5 Å². The van der Waals surface area contributed by atoms with Gasteiger partial charge in [0.05, 0.1) is 4.47 Å². The number of para-hydroxylation sites is 1. The van der Waals surface area contributed by atoms with Gasteiger partial charge in [0.25, 0.3) is 0 Å². The van der Waals surface area contributed by atoms with Crippen LogP contribution in [0.5, 0.6) is 11.5 Å². The molecule has 2 nitrogen and oxygen atoms in total. The summed E-state index contributed by atoms with van der Waals surface area (Å²) in [4.78, 5) is 1.12. The largest absolute Gasteiger partial charge is 0.455 e. The first-order chi connectivity index (χ1) is 9.11. The first-order valence-electron chi connectivity index (χ1n) is 5.97. The van der Waals surface area contributed by atoms with Gasteiger partial charge in [-0.15, -0.1) is 11.8 Å². The van der Waals surface area contributed by atoms with Crippen LogP contribution in [0.15, 0.2) is 51.8 Å². The summed E-state index contributed by atoms with van der Waals surface area (Å²) in [5, 5.41) is 0. The Balaban J connectivity index is 2.28. The molecule has 0 heterocycles. The fourth-order valence-corrected chi connectivity index (χ4v) is 2.71. The summed E-state index contributed by atoms with van der Waals surface area (Å²) in [6.45, 7) is 1.96. The number of benzene rings is 2. The van der Waals surface area contributed by atoms with Crippen molar-refractivity contribution in [2.24, 2.45) is 5.73 Å². The van der Waals surface area contributed by atoms with Crippen LogP contribution in [0, 0.1) is 0 Å². The summed E-state index contributed by atoms with van der Waals surface area (Å²) in [6, 6.07) is 14.0. The van der Waals surface area contributed by atoms with Gasteiger partial charge in [-0.25, -0.2) is 0 Å². The van der Waals surface area contributed by atoms with Crippen molar-refractivity contribution < 1.29 is 4.74 Å². The Morgan fingerprint density at radius 3 is 2.53 bits per heavy atom. The maximum absolute atomic E-state index is 5.96. The van der Waals surface area contributed by atoms with E-state index in [1.165, 1.54) is 0 Å². The van der Waals surface area contributed by atoms with E-state index >= 15 is 0 Å². The van der Waals surface area contributed by atoms with Crippen LogP contribution in [-0.2, 0) is 0 Å². The minimum absolute atomic E-state index is 0.0174. The van der Waals surface area contributed by atoms with Crippen molar-refractivity contribution in [2.45, 2.75) is 17.9 Å². The molecule has 2 aromatic rings. The Labute approximate surface area is 126 Å². The highest BCUT2D eigenvalue weighted by atomic mass is 79.9. The molecule has 0 aromatic heterocycles. The summed E-state index contributed by atoms with van der Waals surface area (Å²) in [6.07, 6.45) is 2.04. The zero-order chi connectivity index (χ0) is 13.8. The number of nitrogens with two attached hydrogens (primary N) is 1. The summed E-state index contributed by atoms with van der Waals surface area (Å²) in [7, 11) is 0. The topological polar surface area (TPSA) is 35.2 Å². The van der Waals surface area contributed by atoms with Gasteiger partial charge >= 0.3 is 0 Å². The Morgan fingerprint density at radius 2 is 1.89 bits per heavy atom. The van der Waals surface area contributed by atoms with E-state index in [4.69, 9.17) is 10.5 Å². The lowest BCUT2D eigenvalue weighted by atomic mass is 10.1. The third-order valence-corrected chi connectivity index (χ3v) is 4.17. The molecule has 2 rings (SSSR count). The zero-order valence-corrected chi connectivity index (χ0v) is 13.3. The van der Waals surface area contributed by atoms with Gasteiger partial charge in [0.2, 0.25) is 0 Å². The predicted molar refractivity (Wildman–Crippen MR) is 85.0 cm³/mol. The first-order valence-corrected chi connectivity index (χ1v) is 7.99. The van der Waals surface area contributed by atoms with Gasteiger partial charge in [0.1, 0.15) is 11.5 Å². The normalized spacial score (nSPS) is 12.2. The summed E-state index contributed by atoms with van der Waals surface area (Å²) in [5.41, 5.74) is 6.95. The number of thioether (sulfide) groups is 1. The molecule has 2 N–H and O–H groups in total. The van der Waals surface area contributed by atoms with Gasteiger partial charge in [0, 0.05) is 10.9 Å². The van der Waals surface area contributed by atoms with Crippen molar-refractivity contribution in [3.63, 3.8) is 0 Å². The van der Waals surface area contributed by atoms with E-state index in [2.05, 4.69) is 15.9 Å². The highest BCUT2D eigenvalue weighted by molar-refractivity contribution is 9.10. The molecule has 1 atom stereocenters. The molecular weight excluding hydrogens is 322 g/mol. The lowest BCUT2D eigenvalue weighted by molar-refractivity contribution is 0.468. The molecule has 19 heavy (non-hydrogen) atoms. The van der Waals surface area contributed by atoms with Gasteiger partial charge in [-0.1, -0.05) is 18.2 Å². The van der Waals surface area contributed by atoms with Gasteiger partial charge in [-0.2, -0.15) is 0 Å². The quantitative estimate of drug-likeness (QED) is 0.798. The molecule has 0 saturated carbocycles. The van der Waals surface area contributed by atoms with E-state index in [1.54, 1.807) is 11.8 Å². The van der Waals surface area contributed by atoms with E-state index in [-0.39, 0.29) is 6.04 Å². The van der Waals surface area contributed by atoms with Gasteiger partial charge < -0.3 is 10.5 Å². The minimum Gasteiger partial charge on any atom is -0.455 e. The predicted octanol–water partition coefficient (Wildman–Crippen LogP) is 4.98. The number of hydrogen-bond donors (Lipinski definition) is 1. The average molecular weight is 338 g/mol. The monoisotopic (exact) mass is 337 g/mol. The summed E-state index contributed by atoms with van der Waals surface area (Å²) < 4.78 is 6.87. The molecule has 0 fully saturated rings. The minimum atomic E-state index is 0.0174. The molecule has 0 spiro atoms. The molecule has 2 aromatic carbocycles. The van der Waals surface area contributed by atoms with Crippen LogP contribution in [0.2, 0.25) is 0 Å². The van der Waals surface area contributed by atoms with Crippen LogP contribution in [0.3, 0.4) is 0 Å². The van der Waals surface area contributed by atoms with Crippen LogP contribution in [0.25, 0.3) is 0 Å². The van der Waals surface area contributed by atoms with Crippen molar-refractivity contribution in [2.75, 3.05) is 6.26 Å². The lowest BCUT2D eigenvalue weighted by Crippen LogP contribution is -2.04. The van der Waals surface area contributed by atoms with Crippen LogP contribution in [-0.4, -0.2) is 6.26 Å². The van der Waals surface area contributed by atoms with Crippen molar-refractivity contribution in [3.05, 3.63) is 52.5 Å². The second-order valence-corrected chi connectivity index (χ2v) is 5.93. The van der Waals surface area contributed by atoms with Gasteiger partial charge in [-0.3, -0.25) is 0 Å². The molecule has 0 aliphatic rings. The summed E-state index contributed by atoms with van der Waals surface area (Å²) >= 11 is 5.20. The smallest absolute Gasteiger partial charge is 0.141 e. The van der Waals surface area contributed by atoms with Crippen molar-refractivity contribution in [1.29, 1.82) is 0 Å². The maximum Gasteiger partial charge on any atom is 0.141 e. The molecular formula is C15H16BrNOS. The standard InChI is InChI=1S/C15H16BrNOS/c1-10(17)11-7-8-13(12(16)9-11)18-14-5-3-4-6-15(14)19-2/h3-10H,17H2,1-2H3. The van der Waals surface area contributed by atoms with Crippen molar-refractivity contribution >= 4 is 27.7 Å². The second-order valence-electron chi connectivity index (χ2n) is 4.23. The molecule has 0 aliphatic carbocycles. The Kier molecular flexibility index (Phi) is 4.91. The Hall–Kier alpha value is -0.970. The van der Waals surface area contributed by atoms with Crippen molar-refractivity contribution in [1.82, 2.24) is 0 Å². The Morgan fingerprint density at radius 1 is 1.16 bits per heavy atom. The number of rotatable bonds is 4. The highest BCUT2D eigenvalue weighted by Gasteiger charge is 2.08. The van der Waals surface area contributed by atoms with Crippen LogP contribution in [0.4, 0.5) is 0 Å². The van der Waals surface area contributed by atoms with E-state index < -0.39 is 0 Å². The number of ether oxygens (including phenoxy) is 1. The summed E-state index contributed by atoms with van der Waals surface area (Å²) in [5.74, 6) is 1.66. The average Bonchev–Trinajstić information content (AvgIpc) is 2.41. The van der Waals surface area contributed by atoms with Crippen LogP contribution in [0.1, 0.15) is 18.5 Å². The van der Waals surface area contributed by atoms with Crippen LogP contribution >= 0.6 is 27.7 Å². The molecule has 0 aliphatic heterocycles. The van der Waals surface area contributed by atoms with Crippen molar-refractivity contribution in [3.8, 4) is 11.5 Å². The number of halogens is 1. The lowest BCUT2D eigenvalue weighted by Gasteiger charge is -2.13. The SMILES string of the molecule is CSc1ccccc1Oc1ccc(C(C)N)cc1Br. The molecule has 4 heteroatoms. The molecule has 1 unspecified atom stereocenters. The fraction of sp³-hybridized carbons (Fsp3) is 0.200. The Bertz CT molecular complexity index is 572. The molecule has 0 amide bonds. The highest BCUT2D eigenvalue weighted by Crippen LogP contribution is 2.35. The first kappa shape index (κ1) is 14.4. The van der Waals surface area contributed by atoms with E-state index in [0.717, 1.165) is 26.4 Å². The fourth-order valence-electron chi connectivity index (χ4n) is 1.70. The molecule has 0 radical (unpaired) electrons. The van der Waals surface area contributed by atoms with E-state index in [9.17, 15) is 0 Å². The van der Waals surface area contributed by atoms with E-state index in [0.29, 0.717) is 0 Å². The van der Waals surface area contributed by atoms with Gasteiger partial charge in [-0.05, 0) is 58.9 Å². The second kappa shape index (κ2) is 6.46. The maximum atomic E-state index is 5.96. The number of hydrogen-bond acceptors (Lipinski definition) is 3. The molecule has 100 valence electrons. The third kappa shape index (κ3) is 3.53. The van der Waals surface area contributed by atoms with Gasteiger partial charge in [0.15, 0.2) is 0 Å². The zero-order valence-electron chi connectivity index (χ0n) is 10.9. The molecule has 0 bridgehead atoms. The van der Waals surface area contributed by atoms with E-state index in [1.807, 2.05) is 55.6 Å².